The summed E-state index contributed by atoms with van der Waals surface area (Å²) in [6.07, 6.45) is 3.75. The Morgan fingerprint density at radius 3 is 2.28 bits per heavy atom. The van der Waals surface area contributed by atoms with Gasteiger partial charge in [0.25, 0.3) is 11.8 Å². The molecule has 0 bridgehead atoms. The lowest BCUT2D eigenvalue weighted by Crippen LogP contribution is -2.47. The summed E-state index contributed by atoms with van der Waals surface area (Å²) in [4.78, 5) is 37.0. The van der Waals surface area contributed by atoms with Crippen LogP contribution in [0.4, 0.5) is 0 Å². The van der Waals surface area contributed by atoms with E-state index in [1.807, 2.05) is 67.6 Å². The number of Topliss-reactive ketones (excluding diaryl/α,β-unsaturated/α-hetero) is 1. The normalized spacial score (nSPS) is 11.8. The maximum Gasteiger partial charge on any atom is 0.287 e. The molecule has 0 saturated heterocycles. The Bertz CT molecular complexity index is 1160. The molecule has 1 atom stereocenters. The van der Waals surface area contributed by atoms with Gasteiger partial charge in [0.15, 0.2) is 0 Å². The third-order valence-electron chi connectivity index (χ3n) is 4.96. The van der Waals surface area contributed by atoms with Gasteiger partial charge in [-0.2, -0.15) is 0 Å². The van der Waals surface area contributed by atoms with Crippen molar-refractivity contribution < 1.29 is 14.4 Å². The average Bonchev–Trinajstić information content (AvgIpc) is 2.78. The topological polar surface area (TPSA) is 89.3 Å². The average molecular weight is 447 g/mol. The zero-order chi connectivity index (χ0) is 23.1. The molecule has 3 rings (SSSR count). The number of rotatable bonds is 8. The van der Waals surface area contributed by atoms with E-state index in [1.54, 1.807) is 24.3 Å². The number of amides is 2. The monoisotopic (exact) mass is 446 g/mol. The van der Waals surface area contributed by atoms with Crippen molar-refractivity contribution in [3.8, 4) is 0 Å². The first-order valence-electron chi connectivity index (χ1n) is 10.1. The first-order chi connectivity index (χ1) is 15.3. The van der Waals surface area contributed by atoms with Crippen LogP contribution in [0.2, 0.25) is 5.02 Å². The number of ketones is 1. The van der Waals surface area contributed by atoms with Crippen LogP contribution in [0.5, 0.6) is 0 Å². The zero-order valence-electron chi connectivity index (χ0n) is 17.5. The predicted molar refractivity (Wildman–Crippen MR) is 127 cm³/mol. The third kappa shape index (κ3) is 5.93. The van der Waals surface area contributed by atoms with Crippen LogP contribution in [0.25, 0.3) is 12.2 Å². The van der Waals surface area contributed by atoms with Crippen LogP contribution in [0.1, 0.15) is 32.6 Å². The van der Waals surface area contributed by atoms with E-state index in [2.05, 4.69) is 5.32 Å². The second kappa shape index (κ2) is 10.6. The maximum absolute atomic E-state index is 13.1. The van der Waals surface area contributed by atoms with Crippen LogP contribution in [-0.2, 0) is 16.0 Å². The van der Waals surface area contributed by atoms with Crippen molar-refractivity contribution in [3.63, 3.8) is 0 Å². The van der Waals surface area contributed by atoms with Gasteiger partial charge < -0.3 is 11.1 Å². The fraction of sp³-hybridized carbons (Fsp3) is 0.115. The standard InChI is InChI=1S/C26H23ClN2O3/c1-17-10-12-18(13-11-17)14-15-20-21(8-5-9-22(20)27)26(32)29-23(24(30)25(28)31)16-19-6-3-2-4-7-19/h2-15,23H,16H2,1H3,(H2,28,31)(H,29,32). The van der Waals surface area contributed by atoms with Crippen molar-refractivity contribution in [1.29, 1.82) is 0 Å². The molecule has 0 aliphatic heterocycles. The van der Waals surface area contributed by atoms with Crippen LogP contribution in [0, 0.1) is 6.92 Å². The highest BCUT2D eigenvalue weighted by Crippen LogP contribution is 2.23. The molecule has 3 N–H and O–H groups in total. The lowest BCUT2D eigenvalue weighted by Gasteiger charge is -2.17. The highest BCUT2D eigenvalue weighted by atomic mass is 35.5. The van der Waals surface area contributed by atoms with Gasteiger partial charge in [-0.25, -0.2) is 0 Å². The molecule has 0 fully saturated rings. The van der Waals surface area contributed by atoms with Crippen molar-refractivity contribution in [2.75, 3.05) is 0 Å². The summed E-state index contributed by atoms with van der Waals surface area (Å²) < 4.78 is 0. The molecule has 162 valence electrons. The van der Waals surface area contributed by atoms with E-state index < -0.39 is 23.6 Å². The van der Waals surface area contributed by atoms with Crippen molar-refractivity contribution in [2.45, 2.75) is 19.4 Å². The van der Waals surface area contributed by atoms with Gasteiger partial charge in [-0.1, -0.05) is 90.0 Å². The Hall–Kier alpha value is -3.70. The summed E-state index contributed by atoms with van der Waals surface area (Å²) in [7, 11) is 0. The predicted octanol–water partition coefficient (Wildman–Crippen LogP) is 4.21. The lowest BCUT2D eigenvalue weighted by molar-refractivity contribution is -0.137. The van der Waals surface area contributed by atoms with Crippen LogP contribution in [-0.4, -0.2) is 23.6 Å². The highest BCUT2D eigenvalue weighted by molar-refractivity contribution is 6.38. The fourth-order valence-electron chi connectivity index (χ4n) is 3.23. The van der Waals surface area contributed by atoms with Crippen molar-refractivity contribution in [1.82, 2.24) is 5.32 Å². The van der Waals surface area contributed by atoms with Gasteiger partial charge in [-0.3, -0.25) is 14.4 Å². The summed E-state index contributed by atoms with van der Waals surface area (Å²) in [5.41, 5.74) is 8.89. The number of carbonyl (C=O) groups excluding carboxylic acids is 3. The van der Waals surface area contributed by atoms with Crippen LogP contribution < -0.4 is 11.1 Å². The largest absolute Gasteiger partial charge is 0.363 e. The molecule has 5 nitrogen and oxygen atoms in total. The van der Waals surface area contributed by atoms with Gasteiger partial charge >= 0.3 is 0 Å². The molecule has 1 unspecified atom stereocenters. The number of primary amides is 1. The number of nitrogens with two attached hydrogens (primary N) is 1. The number of carbonyl (C=O) groups is 3. The van der Waals surface area contributed by atoms with E-state index in [0.717, 1.165) is 16.7 Å². The van der Waals surface area contributed by atoms with Crippen molar-refractivity contribution in [2.24, 2.45) is 5.73 Å². The van der Waals surface area contributed by atoms with E-state index in [-0.39, 0.29) is 12.0 Å². The number of nitrogens with one attached hydrogen (secondary N) is 1. The molecular formula is C26H23ClN2O3. The Balaban J connectivity index is 1.88. The van der Waals surface area contributed by atoms with Gasteiger partial charge in [0.2, 0.25) is 5.78 Å². The SMILES string of the molecule is Cc1ccc(C=Cc2c(Cl)cccc2C(=O)NC(Cc2ccccc2)C(=O)C(N)=O)cc1. The Kier molecular flexibility index (Phi) is 7.58. The molecule has 0 heterocycles. The second-order valence-corrected chi connectivity index (χ2v) is 7.80. The number of hydrogen-bond donors (Lipinski definition) is 2. The number of halogens is 1. The van der Waals surface area contributed by atoms with Crippen molar-refractivity contribution >= 4 is 41.4 Å². The first kappa shape index (κ1) is 23.0. The minimum Gasteiger partial charge on any atom is -0.363 e. The van der Waals surface area contributed by atoms with Gasteiger partial charge in [0, 0.05) is 22.6 Å². The number of benzene rings is 3. The molecule has 0 aliphatic carbocycles. The zero-order valence-corrected chi connectivity index (χ0v) is 18.3. The van der Waals surface area contributed by atoms with E-state index in [0.29, 0.717) is 10.6 Å². The van der Waals surface area contributed by atoms with E-state index >= 15 is 0 Å². The lowest BCUT2D eigenvalue weighted by atomic mass is 10.00. The summed E-state index contributed by atoms with van der Waals surface area (Å²) in [6.45, 7) is 2.00. The minimum atomic E-state index is -1.10. The van der Waals surface area contributed by atoms with Crippen LogP contribution in [0.15, 0.2) is 72.8 Å². The molecule has 3 aromatic rings. The van der Waals surface area contributed by atoms with E-state index in [9.17, 15) is 14.4 Å². The smallest absolute Gasteiger partial charge is 0.287 e. The maximum atomic E-state index is 13.1. The molecule has 6 heteroatoms. The van der Waals surface area contributed by atoms with Crippen LogP contribution >= 0.6 is 11.6 Å². The Morgan fingerprint density at radius 2 is 1.62 bits per heavy atom. The third-order valence-corrected chi connectivity index (χ3v) is 5.29. The van der Waals surface area contributed by atoms with Gasteiger partial charge in [-0.05, 0) is 30.2 Å². The molecule has 0 spiro atoms. The minimum absolute atomic E-state index is 0.142. The second-order valence-electron chi connectivity index (χ2n) is 7.39. The van der Waals surface area contributed by atoms with E-state index in [1.165, 1.54) is 0 Å². The number of hydrogen-bond acceptors (Lipinski definition) is 3. The quantitative estimate of drug-likeness (QED) is 0.401. The summed E-state index contributed by atoms with van der Waals surface area (Å²) >= 11 is 6.37. The molecule has 0 aliphatic rings. The highest BCUT2D eigenvalue weighted by Gasteiger charge is 2.26. The van der Waals surface area contributed by atoms with E-state index in [4.69, 9.17) is 17.3 Å². The molecule has 0 aromatic heterocycles. The van der Waals surface area contributed by atoms with Gasteiger partial charge in [-0.15, -0.1) is 0 Å². The summed E-state index contributed by atoms with van der Waals surface area (Å²) in [5, 5.41) is 3.04. The number of aryl methyl sites for hydroxylation is 1. The molecule has 2 amide bonds. The summed E-state index contributed by atoms with van der Waals surface area (Å²) in [6, 6.07) is 20.9. The molecule has 32 heavy (non-hydrogen) atoms. The molecule has 3 aromatic carbocycles. The van der Waals surface area contributed by atoms with Gasteiger partial charge in [0.1, 0.15) is 6.04 Å². The first-order valence-corrected chi connectivity index (χ1v) is 10.4. The van der Waals surface area contributed by atoms with Crippen LogP contribution in [0.3, 0.4) is 0 Å². The molecule has 0 radical (unpaired) electrons. The fourth-order valence-corrected chi connectivity index (χ4v) is 3.47. The Morgan fingerprint density at radius 1 is 0.938 bits per heavy atom. The van der Waals surface area contributed by atoms with Crippen molar-refractivity contribution in [3.05, 3.63) is 106 Å². The Labute approximate surface area is 191 Å². The molecular weight excluding hydrogens is 424 g/mol. The molecule has 0 saturated carbocycles. The van der Waals surface area contributed by atoms with Gasteiger partial charge in [0.05, 0.1) is 0 Å². The summed E-state index contributed by atoms with van der Waals surface area (Å²) in [5.74, 6) is -2.48.